The molecule has 0 radical (unpaired) electrons. The van der Waals surface area contributed by atoms with Gasteiger partial charge in [-0.1, -0.05) is 12.1 Å². The van der Waals surface area contributed by atoms with Gasteiger partial charge >= 0.3 is 5.97 Å². The van der Waals surface area contributed by atoms with Gasteiger partial charge in [0.15, 0.2) is 0 Å². The highest BCUT2D eigenvalue weighted by Gasteiger charge is 2.19. The molecule has 2 aromatic rings. The molecule has 26 heavy (non-hydrogen) atoms. The Hall–Kier alpha value is -2.86. The van der Waals surface area contributed by atoms with Crippen LogP contribution in [0, 0.1) is 6.92 Å². The van der Waals surface area contributed by atoms with Crippen LogP contribution >= 0.6 is 0 Å². The molecule has 1 heterocycles. The number of benzene rings is 2. The first-order valence-corrected chi connectivity index (χ1v) is 8.68. The molecule has 0 aromatic heterocycles. The Morgan fingerprint density at radius 2 is 1.73 bits per heavy atom. The third-order valence-electron chi connectivity index (χ3n) is 4.52. The van der Waals surface area contributed by atoms with Crippen molar-refractivity contribution in [1.29, 1.82) is 0 Å². The zero-order chi connectivity index (χ0) is 18.5. The normalized spacial score (nSPS) is 14.9. The van der Waals surface area contributed by atoms with Crippen molar-refractivity contribution in [3.05, 3.63) is 59.7 Å². The number of aryl methyl sites for hydroxylation is 1. The Bertz CT molecular complexity index is 781. The van der Waals surface area contributed by atoms with Gasteiger partial charge in [0.2, 0.25) is 5.91 Å². The summed E-state index contributed by atoms with van der Waals surface area (Å²) < 4.78 is 0. The molecule has 0 bridgehead atoms. The first-order valence-electron chi connectivity index (χ1n) is 8.68. The molecule has 0 spiro atoms. The number of hydrogen-bond acceptors (Lipinski definition) is 4. The number of rotatable bonds is 5. The van der Waals surface area contributed by atoms with E-state index in [1.165, 1.54) is 23.4 Å². The Morgan fingerprint density at radius 1 is 1.04 bits per heavy atom. The molecule has 0 atom stereocenters. The monoisotopic (exact) mass is 353 g/mol. The average Bonchev–Trinajstić information content (AvgIpc) is 2.62. The third kappa shape index (κ3) is 4.61. The minimum absolute atomic E-state index is 0.0860. The van der Waals surface area contributed by atoms with E-state index >= 15 is 0 Å². The van der Waals surface area contributed by atoms with Crippen molar-refractivity contribution in [1.82, 2.24) is 4.90 Å². The van der Waals surface area contributed by atoms with Crippen LogP contribution in [0.3, 0.4) is 0 Å². The van der Waals surface area contributed by atoms with Crippen LogP contribution in [0.15, 0.2) is 48.5 Å². The minimum Gasteiger partial charge on any atom is -0.478 e. The summed E-state index contributed by atoms with van der Waals surface area (Å²) in [4.78, 5) is 27.5. The molecule has 1 amide bonds. The highest BCUT2D eigenvalue weighted by molar-refractivity contribution is 5.93. The van der Waals surface area contributed by atoms with E-state index in [0.29, 0.717) is 12.2 Å². The Kier molecular flexibility index (Phi) is 5.53. The molecule has 1 fully saturated rings. The van der Waals surface area contributed by atoms with Crippen molar-refractivity contribution in [2.24, 2.45) is 0 Å². The van der Waals surface area contributed by atoms with Gasteiger partial charge in [0.1, 0.15) is 0 Å². The van der Waals surface area contributed by atoms with Gasteiger partial charge in [-0.05, 0) is 48.9 Å². The van der Waals surface area contributed by atoms with Crippen molar-refractivity contribution in [2.75, 3.05) is 42.9 Å². The fourth-order valence-corrected chi connectivity index (χ4v) is 3.09. The number of carboxylic acids is 1. The third-order valence-corrected chi connectivity index (χ3v) is 4.52. The molecule has 1 aliphatic heterocycles. The minimum atomic E-state index is -0.977. The van der Waals surface area contributed by atoms with Gasteiger partial charge in [0, 0.05) is 37.6 Å². The van der Waals surface area contributed by atoms with Gasteiger partial charge in [-0.3, -0.25) is 9.69 Å². The molecule has 3 rings (SSSR count). The molecule has 136 valence electrons. The van der Waals surface area contributed by atoms with E-state index in [1.54, 1.807) is 12.1 Å². The lowest BCUT2D eigenvalue weighted by Gasteiger charge is -2.35. The molecule has 6 heteroatoms. The Morgan fingerprint density at radius 3 is 2.35 bits per heavy atom. The van der Waals surface area contributed by atoms with Crippen LogP contribution in [0.5, 0.6) is 0 Å². The number of carbonyl (C=O) groups excluding carboxylic acids is 1. The second-order valence-corrected chi connectivity index (χ2v) is 6.53. The van der Waals surface area contributed by atoms with E-state index in [-0.39, 0.29) is 11.5 Å². The molecule has 6 nitrogen and oxygen atoms in total. The number of hydrogen-bond donors (Lipinski definition) is 2. The van der Waals surface area contributed by atoms with Crippen LogP contribution in [0.4, 0.5) is 11.4 Å². The summed E-state index contributed by atoms with van der Waals surface area (Å²) in [5.41, 5.74) is 3.29. The van der Waals surface area contributed by atoms with Crippen molar-refractivity contribution in [3.8, 4) is 0 Å². The molecular weight excluding hydrogens is 330 g/mol. The molecular formula is C20H23N3O3. The zero-order valence-electron chi connectivity index (χ0n) is 14.8. The summed E-state index contributed by atoms with van der Waals surface area (Å²) in [5, 5.41) is 11.7. The first kappa shape index (κ1) is 17.9. The number of aromatic carboxylic acids is 1. The molecule has 1 aliphatic rings. The van der Waals surface area contributed by atoms with E-state index in [4.69, 9.17) is 5.11 Å². The van der Waals surface area contributed by atoms with Crippen molar-refractivity contribution in [3.63, 3.8) is 0 Å². The first-order chi connectivity index (χ1) is 12.5. The van der Waals surface area contributed by atoms with Gasteiger partial charge in [0.05, 0.1) is 12.1 Å². The van der Waals surface area contributed by atoms with Crippen molar-refractivity contribution in [2.45, 2.75) is 6.92 Å². The van der Waals surface area contributed by atoms with E-state index in [1.807, 2.05) is 0 Å². The summed E-state index contributed by atoms with van der Waals surface area (Å²) in [6, 6.07) is 14.7. The maximum absolute atomic E-state index is 12.2. The predicted molar refractivity (Wildman–Crippen MR) is 102 cm³/mol. The lowest BCUT2D eigenvalue weighted by molar-refractivity contribution is -0.117. The number of nitrogens with one attached hydrogen (secondary N) is 1. The highest BCUT2D eigenvalue weighted by Crippen LogP contribution is 2.18. The standard InChI is InChI=1S/C20H23N3O3/c1-15-3-2-4-18(13-15)23-11-9-22(10-12-23)14-19(24)21-17-7-5-16(6-8-17)20(25)26/h2-8,13H,9-12,14H2,1H3,(H,21,24)(H,25,26). The largest absolute Gasteiger partial charge is 0.478 e. The molecule has 0 unspecified atom stereocenters. The average molecular weight is 353 g/mol. The number of piperazine rings is 1. The molecule has 0 saturated carbocycles. The van der Waals surface area contributed by atoms with Crippen molar-refractivity contribution < 1.29 is 14.7 Å². The fourth-order valence-electron chi connectivity index (χ4n) is 3.09. The lowest BCUT2D eigenvalue weighted by atomic mass is 10.2. The van der Waals surface area contributed by atoms with Crippen LogP contribution in [0.1, 0.15) is 15.9 Å². The topological polar surface area (TPSA) is 72.9 Å². The van der Waals surface area contributed by atoms with Crippen LogP contribution in [0.25, 0.3) is 0 Å². The second-order valence-electron chi connectivity index (χ2n) is 6.53. The van der Waals surface area contributed by atoms with Crippen LogP contribution in [-0.4, -0.2) is 54.6 Å². The summed E-state index contributed by atoms with van der Waals surface area (Å²) >= 11 is 0. The van der Waals surface area contributed by atoms with Crippen LogP contribution in [0.2, 0.25) is 0 Å². The van der Waals surface area contributed by atoms with Gasteiger partial charge in [-0.15, -0.1) is 0 Å². The quantitative estimate of drug-likeness (QED) is 0.864. The second kappa shape index (κ2) is 8.01. The maximum Gasteiger partial charge on any atom is 0.335 e. The molecule has 2 aromatic carbocycles. The van der Waals surface area contributed by atoms with Crippen molar-refractivity contribution >= 4 is 23.3 Å². The summed E-state index contributed by atoms with van der Waals surface area (Å²) in [5.74, 6) is -1.06. The summed E-state index contributed by atoms with van der Waals surface area (Å²) in [7, 11) is 0. The SMILES string of the molecule is Cc1cccc(N2CCN(CC(=O)Nc3ccc(C(=O)O)cc3)CC2)c1. The number of nitrogens with zero attached hydrogens (tertiary/aromatic N) is 2. The van der Waals surface area contributed by atoms with Gasteiger partial charge in [-0.2, -0.15) is 0 Å². The molecule has 2 N–H and O–H groups in total. The van der Waals surface area contributed by atoms with E-state index in [2.05, 4.69) is 46.3 Å². The zero-order valence-corrected chi connectivity index (χ0v) is 14.8. The fraction of sp³-hybridized carbons (Fsp3) is 0.300. The van der Waals surface area contributed by atoms with E-state index < -0.39 is 5.97 Å². The number of amides is 1. The maximum atomic E-state index is 12.2. The Balaban J connectivity index is 1.48. The number of carboxylic acid groups (broad SMARTS) is 1. The molecule has 1 saturated heterocycles. The van der Waals surface area contributed by atoms with Gasteiger partial charge in [-0.25, -0.2) is 4.79 Å². The van der Waals surface area contributed by atoms with Crippen LogP contribution in [-0.2, 0) is 4.79 Å². The van der Waals surface area contributed by atoms with Crippen LogP contribution < -0.4 is 10.2 Å². The van der Waals surface area contributed by atoms with Gasteiger partial charge < -0.3 is 15.3 Å². The highest BCUT2D eigenvalue weighted by atomic mass is 16.4. The van der Waals surface area contributed by atoms with E-state index in [9.17, 15) is 9.59 Å². The molecule has 0 aliphatic carbocycles. The number of anilines is 2. The predicted octanol–water partition coefficient (Wildman–Crippen LogP) is 2.45. The lowest BCUT2D eigenvalue weighted by Crippen LogP contribution is -2.48. The summed E-state index contributed by atoms with van der Waals surface area (Å²) in [6.07, 6.45) is 0. The summed E-state index contributed by atoms with van der Waals surface area (Å²) in [6.45, 7) is 5.88. The number of carbonyl (C=O) groups is 2. The Labute approximate surface area is 153 Å². The van der Waals surface area contributed by atoms with Gasteiger partial charge in [0.25, 0.3) is 0 Å². The van der Waals surface area contributed by atoms with E-state index in [0.717, 1.165) is 26.2 Å². The smallest absolute Gasteiger partial charge is 0.335 e.